The van der Waals surface area contributed by atoms with Gasteiger partial charge in [0.25, 0.3) is 0 Å². The molecule has 2 aromatic heterocycles. The fourth-order valence-electron chi connectivity index (χ4n) is 2.42. The van der Waals surface area contributed by atoms with Crippen molar-refractivity contribution in [3.05, 3.63) is 35.5 Å². The molecule has 24 heavy (non-hydrogen) atoms. The Kier molecular flexibility index (Phi) is 4.80. The number of hydrogen-bond donors (Lipinski definition) is 1. The van der Waals surface area contributed by atoms with Gasteiger partial charge in [-0.3, -0.25) is 4.79 Å². The van der Waals surface area contributed by atoms with Gasteiger partial charge in [0.05, 0.1) is 7.11 Å². The number of methoxy groups -OCH3 is 1. The van der Waals surface area contributed by atoms with E-state index in [1.165, 1.54) is 11.3 Å². The third-order valence-corrected chi connectivity index (χ3v) is 4.88. The average Bonchev–Trinajstić information content (AvgIpc) is 3.19. The van der Waals surface area contributed by atoms with Crippen molar-refractivity contribution in [2.45, 2.75) is 32.7 Å². The van der Waals surface area contributed by atoms with Gasteiger partial charge in [0.2, 0.25) is 11.0 Å². The molecule has 0 saturated carbocycles. The van der Waals surface area contributed by atoms with E-state index < -0.39 is 0 Å². The third-order valence-electron chi connectivity index (χ3n) is 3.74. The second-order valence-electron chi connectivity index (χ2n) is 5.83. The number of nitrogens with zero attached hydrogens (tertiary/aromatic N) is 3. The molecular formula is C17H20N4O2S. The summed E-state index contributed by atoms with van der Waals surface area (Å²) in [6.07, 6.45) is 2.37. The van der Waals surface area contributed by atoms with Crippen LogP contribution in [0.15, 0.2) is 30.5 Å². The van der Waals surface area contributed by atoms with Crippen molar-refractivity contribution < 1.29 is 9.53 Å². The average molecular weight is 344 g/mol. The number of fused-ring (bicyclic) bond motifs is 1. The SMILES string of the molecule is COc1ccc2c(ccn2CCC(=O)Nc2nnc(C(C)C)s2)c1. The highest BCUT2D eigenvalue weighted by atomic mass is 32.1. The lowest BCUT2D eigenvalue weighted by atomic mass is 10.2. The fourth-order valence-corrected chi connectivity index (χ4v) is 3.18. The molecule has 0 unspecified atom stereocenters. The molecule has 3 aromatic rings. The second-order valence-corrected chi connectivity index (χ2v) is 6.84. The quantitative estimate of drug-likeness (QED) is 0.741. The molecule has 1 N–H and O–H groups in total. The van der Waals surface area contributed by atoms with E-state index in [0.29, 0.717) is 24.0 Å². The highest BCUT2D eigenvalue weighted by Crippen LogP contribution is 2.23. The minimum atomic E-state index is -0.0585. The molecular weight excluding hydrogens is 324 g/mol. The van der Waals surface area contributed by atoms with Crippen LogP contribution in [0.1, 0.15) is 31.2 Å². The number of carbonyl (C=O) groups excluding carboxylic acids is 1. The predicted molar refractivity (Wildman–Crippen MR) is 95.7 cm³/mol. The maximum Gasteiger partial charge on any atom is 0.227 e. The van der Waals surface area contributed by atoms with Gasteiger partial charge in [0.1, 0.15) is 10.8 Å². The zero-order valence-corrected chi connectivity index (χ0v) is 14.8. The van der Waals surface area contributed by atoms with Crippen LogP contribution in [0.3, 0.4) is 0 Å². The number of ether oxygens (including phenoxy) is 1. The number of amides is 1. The van der Waals surface area contributed by atoms with Crippen LogP contribution >= 0.6 is 11.3 Å². The Hall–Kier alpha value is -2.41. The molecule has 1 aromatic carbocycles. The first kappa shape index (κ1) is 16.4. The number of benzene rings is 1. The predicted octanol–water partition coefficient (Wildman–Crippen LogP) is 3.65. The standard InChI is InChI=1S/C17H20N4O2S/c1-11(2)16-19-20-17(24-16)18-15(22)7-9-21-8-6-12-10-13(23-3)4-5-14(12)21/h4-6,8,10-11H,7,9H2,1-3H3,(H,18,20,22). The molecule has 3 rings (SSSR count). The van der Waals surface area contributed by atoms with Gasteiger partial charge >= 0.3 is 0 Å². The van der Waals surface area contributed by atoms with E-state index in [1.807, 2.05) is 30.5 Å². The van der Waals surface area contributed by atoms with Crippen LogP contribution in [0.5, 0.6) is 5.75 Å². The van der Waals surface area contributed by atoms with Gasteiger partial charge in [-0.25, -0.2) is 0 Å². The first-order valence-corrected chi connectivity index (χ1v) is 8.64. The lowest BCUT2D eigenvalue weighted by Gasteiger charge is -2.06. The molecule has 0 radical (unpaired) electrons. The molecule has 6 nitrogen and oxygen atoms in total. The van der Waals surface area contributed by atoms with Gasteiger partial charge in [-0.15, -0.1) is 10.2 Å². The Morgan fingerprint density at radius 1 is 1.33 bits per heavy atom. The van der Waals surface area contributed by atoms with Gasteiger partial charge in [-0.1, -0.05) is 25.2 Å². The summed E-state index contributed by atoms with van der Waals surface area (Å²) in [7, 11) is 1.65. The van der Waals surface area contributed by atoms with E-state index >= 15 is 0 Å². The highest BCUT2D eigenvalue weighted by molar-refractivity contribution is 7.15. The molecule has 126 valence electrons. The summed E-state index contributed by atoms with van der Waals surface area (Å²) in [5.74, 6) is 1.09. The number of anilines is 1. The Bertz CT molecular complexity index is 853. The Balaban J connectivity index is 1.61. The number of carbonyl (C=O) groups is 1. The molecule has 1 amide bonds. The summed E-state index contributed by atoms with van der Waals surface area (Å²) in [5.41, 5.74) is 1.08. The largest absolute Gasteiger partial charge is 0.497 e. The number of nitrogens with one attached hydrogen (secondary N) is 1. The van der Waals surface area contributed by atoms with Gasteiger partial charge in [-0.05, 0) is 24.3 Å². The van der Waals surface area contributed by atoms with Crippen LogP contribution in [0.25, 0.3) is 10.9 Å². The molecule has 0 atom stereocenters. The van der Waals surface area contributed by atoms with Crippen molar-refractivity contribution in [2.75, 3.05) is 12.4 Å². The van der Waals surface area contributed by atoms with Crippen LogP contribution in [0, 0.1) is 0 Å². The zero-order chi connectivity index (χ0) is 17.1. The lowest BCUT2D eigenvalue weighted by molar-refractivity contribution is -0.116. The Morgan fingerprint density at radius 3 is 2.88 bits per heavy atom. The first-order valence-electron chi connectivity index (χ1n) is 7.83. The monoisotopic (exact) mass is 344 g/mol. The molecule has 7 heteroatoms. The van der Waals surface area contributed by atoms with Crippen molar-refractivity contribution in [1.82, 2.24) is 14.8 Å². The number of aryl methyl sites for hydroxylation is 1. The molecule has 2 heterocycles. The van der Waals surface area contributed by atoms with Crippen LogP contribution < -0.4 is 10.1 Å². The van der Waals surface area contributed by atoms with Gasteiger partial charge < -0.3 is 14.6 Å². The second kappa shape index (κ2) is 7.00. The van der Waals surface area contributed by atoms with Gasteiger partial charge in [-0.2, -0.15) is 0 Å². The minimum absolute atomic E-state index is 0.0585. The van der Waals surface area contributed by atoms with E-state index in [1.54, 1.807) is 7.11 Å². The molecule has 0 aliphatic carbocycles. The molecule has 0 saturated heterocycles. The minimum Gasteiger partial charge on any atom is -0.497 e. The molecule has 0 aliphatic rings. The summed E-state index contributed by atoms with van der Waals surface area (Å²) in [6, 6.07) is 7.94. The Labute approximate surface area is 144 Å². The maximum atomic E-state index is 12.1. The van der Waals surface area contributed by atoms with E-state index in [9.17, 15) is 4.79 Å². The van der Waals surface area contributed by atoms with Crippen LogP contribution in [-0.2, 0) is 11.3 Å². The molecule has 0 bridgehead atoms. The van der Waals surface area contributed by atoms with Crippen molar-refractivity contribution in [3.63, 3.8) is 0 Å². The highest BCUT2D eigenvalue weighted by Gasteiger charge is 2.11. The summed E-state index contributed by atoms with van der Waals surface area (Å²) < 4.78 is 7.29. The third kappa shape index (κ3) is 3.56. The van der Waals surface area contributed by atoms with Crippen LogP contribution in [-0.4, -0.2) is 27.8 Å². The van der Waals surface area contributed by atoms with E-state index in [2.05, 4.69) is 33.9 Å². The van der Waals surface area contributed by atoms with Crippen molar-refractivity contribution in [3.8, 4) is 5.75 Å². The van der Waals surface area contributed by atoms with Crippen molar-refractivity contribution >= 4 is 33.3 Å². The van der Waals surface area contributed by atoms with Gasteiger partial charge in [0, 0.05) is 36.0 Å². The fraction of sp³-hybridized carbons (Fsp3) is 0.353. The molecule has 0 fully saturated rings. The lowest BCUT2D eigenvalue weighted by Crippen LogP contribution is -2.14. The molecule has 0 aliphatic heterocycles. The van der Waals surface area contributed by atoms with Crippen LogP contribution in [0.2, 0.25) is 0 Å². The smallest absolute Gasteiger partial charge is 0.227 e. The normalized spacial score (nSPS) is 11.2. The number of rotatable bonds is 6. The Morgan fingerprint density at radius 2 is 2.17 bits per heavy atom. The zero-order valence-electron chi connectivity index (χ0n) is 13.9. The summed E-state index contributed by atoms with van der Waals surface area (Å²) in [4.78, 5) is 12.1. The number of hydrogen-bond acceptors (Lipinski definition) is 5. The first-order chi connectivity index (χ1) is 11.6. The van der Waals surface area contributed by atoms with E-state index in [4.69, 9.17) is 4.74 Å². The van der Waals surface area contributed by atoms with Crippen molar-refractivity contribution in [1.29, 1.82) is 0 Å². The number of aromatic nitrogens is 3. The maximum absolute atomic E-state index is 12.1. The summed E-state index contributed by atoms with van der Waals surface area (Å²) in [6.45, 7) is 4.72. The topological polar surface area (TPSA) is 69.0 Å². The summed E-state index contributed by atoms with van der Waals surface area (Å²) >= 11 is 1.42. The van der Waals surface area contributed by atoms with Crippen molar-refractivity contribution in [2.24, 2.45) is 0 Å². The molecule has 0 spiro atoms. The van der Waals surface area contributed by atoms with Crippen LogP contribution in [0.4, 0.5) is 5.13 Å². The van der Waals surface area contributed by atoms with E-state index in [0.717, 1.165) is 21.7 Å². The van der Waals surface area contributed by atoms with E-state index in [-0.39, 0.29) is 5.91 Å². The summed E-state index contributed by atoms with van der Waals surface area (Å²) in [5, 5.41) is 13.5. The van der Waals surface area contributed by atoms with Gasteiger partial charge in [0.15, 0.2) is 0 Å².